The molecule has 1 aromatic rings. The van der Waals surface area contributed by atoms with Gasteiger partial charge in [0.15, 0.2) is 0 Å². The fraction of sp³-hybridized carbons (Fsp3) is 0.667. The molecule has 0 spiro atoms. The Labute approximate surface area is 129 Å². The van der Waals surface area contributed by atoms with E-state index in [4.69, 9.17) is 9.47 Å². The molecule has 1 unspecified atom stereocenters. The zero-order valence-corrected chi connectivity index (χ0v) is 14.1. The van der Waals surface area contributed by atoms with Gasteiger partial charge in [-0.25, -0.2) is 0 Å². The van der Waals surface area contributed by atoms with Crippen molar-refractivity contribution in [1.82, 2.24) is 5.32 Å². The first-order chi connectivity index (χ1) is 10.1. The largest absolute Gasteiger partial charge is 0.496 e. The molecule has 1 N–H and O–H groups in total. The van der Waals surface area contributed by atoms with E-state index < -0.39 is 0 Å². The summed E-state index contributed by atoms with van der Waals surface area (Å²) in [5.41, 5.74) is 2.67. The van der Waals surface area contributed by atoms with Gasteiger partial charge >= 0.3 is 0 Å². The highest BCUT2D eigenvalue weighted by atomic mass is 16.5. The van der Waals surface area contributed by atoms with Crippen molar-refractivity contribution in [3.8, 4) is 11.5 Å². The van der Waals surface area contributed by atoms with Gasteiger partial charge in [0, 0.05) is 29.6 Å². The van der Waals surface area contributed by atoms with Gasteiger partial charge in [0.05, 0.1) is 7.11 Å². The molecule has 1 aromatic carbocycles. The van der Waals surface area contributed by atoms with Crippen molar-refractivity contribution in [3.63, 3.8) is 0 Å². The van der Waals surface area contributed by atoms with Gasteiger partial charge in [-0.1, -0.05) is 20.8 Å². The Kier molecular flexibility index (Phi) is 5.15. The summed E-state index contributed by atoms with van der Waals surface area (Å²) in [7, 11) is 1.75. The van der Waals surface area contributed by atoms with Crippen LogP contribution in [0.2, 0.25) is 0 Å². The molecule has 0 aromatic heterocycles. The van der Waals surface area contributed by atoms with E-state index in [1.54, 1.807) is 7.11 Å². The Morgan fingerprint density at radius 3 is 2.48 bits per heavy atom. The Morgan fingerprint density at radius 1 is 1.24 bits per heavy atom. The van der Waals surface area contributed by atoms with E-state index >= 15 is 0 Å². The van der Waals surface area contributed by atoms with Gasteiger partial charge in [0.25, 0.3) is 0 Å². The number of hydrogen-bond acceptors (Lipinski definition) is 3. The summed E-state index contributed by atoms with van der Waals surface area (Å²) in [5, 5.41) is 3.74. The van der Waals surface area contributed by atoms with Crippen LogP contribution < -0.4 is 14.8 Å². The number of fused-ring (bicyclic) bond motifs is 1. The highest BCUT2D eigenvalue weighted by Gasteiger charge is 2.25. The molecule has 1 heterocycles. The van der Waals surface area contributed by atoms with E-state index in [2.05, 4.69) is 45.1 Å². The normalized spacial score (nSPS) is 17.5. The molecular weight excluding hydrogens is 262 g/mol. The summed E-state index contributed by atoms with van der Waals surface area (Å²) in [6.07, 6.45) is 4.67. The molecular formula is C18H29NO2. The van der Waals surface area contributed by atoms with Gasteiger partial charge in [-0.05, 0) is 38.3 Å². The second kappa shape index (κ2) is 6.69. The number of rotatable bonds is 7. The van der Waals surface area contributed by atoms with E-state index in [9.17, 15) is 0 Å². The van der Waals surface area contributed by atoms with Crippen LogP contribution >= 0.6 is 0 Å². The first-order valence-electron chi connectivity index (χ1n) is 8.19. The van der Waals surface area contributed by atoms with Crippen LogP contribution in [-0.2, 0) is 13.0 Å². The molecule has 1 aliphatic rings. The van der Waals surface area contributed by atoms with Crippen molar-refractivity contribution in [3.05, 3.63) is 23.3 Å². The van der Waals surface area contributed by atoms with Crippen LogP contribution in [0.5, 0.6) is 11.5 Å². The number of ether oxygens (including phenoxy) is 2. The Morgan fingerprint density at radius 2 is 1.90 bits per heavy atom. The minimum Gasteiger partial charge on any atom is -0.496 e. The topological polar surface area (TPSA) is 30.5 Å². The van der Waals surface area contributed by atoms with E-state index in [1.807, 2.05) is 0 Å². The van der Waals surface area contributed by atoms with E-state index in [0.29, 0.717) is 0 Å². The minimum atomic E-state index is 0.220. The Hall–Kier alpha value is -1.22. The van der Waals surface area contributed by atoms with E-state index in [-0.39, 0.29) is 11.6 Å². The molecule has 0 radical (unpaired) electrons. The summed E-state index contributed by atoms with van der Waals surface area (Å²) in [5.74, 6) is 1.99. The zero-order chi connectivity index (χ0) is 15.5. The van der Waals surface area contributed by atoms with E-state index in [1.165, 1.54) is 11.1 Å². The highest BCUT2D eigenvalue weighted by Crippen LogP contribution is 2.35. The van der Waals surface area contributed by atoms with Gasteiger partial charge in [-0.15, -0.1) is 0 Å². The van der Waals surface area contributed by atoms with Crippen LogP contribution in [0.15, 0.2) is 12.1 Å². The van der Waals surface area contributed by atoms with Crippen molar-refractivity contribution in [2.45, 2.75) is 71.6 Å². The summed E-state index contributed by atoms with van der Waals surface area (Å²) in [6.45, 7) is 9.70. The van der Waals surface area contributed by atoms with Crippen LogP contribution in [0.3, 0.4) is 0 Å². The number of hydrogen-bond donors (Lipinski definition) is 1. The van der Waals surface area contributed by atoms with Crippen LogP contribution in [0.25, 0.3) is 0 Å². The highest BCUT2D eigenvalue weighted by molar-refractivity contribution is 5.48. The molecule has 1 atom stereocenters. The fourth-order valence-electron chi connectivity index (χ4n) is 3.22. The first kappa shape index (κ1) is 16.2. The molecule has 3 heteroatoms. The van der Waals surface area contributed by atoms with Crippen molar-refractivity contribution in [2.75, 3.05) is 7.11 Å². The average Bonchev–Trinajstić information content (AvgIpc) is 2.87. The molecule has 1 aliphatic heterocycles. The lowest BCUT2D eigenvalue weighted by Crippen LogP contribution is -2.43. The monoisotopic (exact) mass is 291 g/mol. The van der Waals surface area contributed by atoms with Gasteiger partial charge in [0.2, 0.25) is 0 Å². The quantitative estimate of drug-likeness (QED) is 0.821. The molecule has 2 rings (SSSR count). The number of methoxy groups -OCH3 is 1. The summed E-state index contributed by atoms with van der Waals surface area (Å²) >= 11 is 0. The lowest BCUT2D eigenvalue weighted by molar-refractivity contribution is 0.254. The second-order valence-corrected chi connectivity index (χ2v) is 6.10. The minimum absolute atomic E-state index is 0.220. The SMILES string of the molecule is CCC(CC)(CC)NCc1cc2c(cc1OC)CC(C)O2. The molecule has 0 saturated carbocycles. The van der Waals surface area contributed by atoms with Crippen molar-refractivity contribution in [2.24, 2.45) is 0 Å². The van der Waals surface area contributed by atoms with Crippen LogP contribution in [0, 0.1) is 0 Å². The smallest absolute Gasteiger partial charge is 0.123 e. The maximum Gasteiger partial charge on any atom is 0.123 e. The van der Waals surface area contributed by atoms with Gasteiger partial charge in [0.1, 0.15) is 17.6 Å². The summed E-state index contributed by atoms with van der Waals surface area (Å²) in [4.78, 5) is 0. The number of nitrogens with one attached hydrogen (secondary N) is 1. The maximum atomic E-state index is 5.87. The molecule has 0 aliphatic carbocycles. The van der Waals surface area contributed by atoms with Gasteiger partial charge in [-0.3, -0.25) is 0 Å². The third kappa shape index (κ3) is 3.34. The first-order valence-corrected chi connectivity index (χ1v) is 8.19. The standard InChI is InChI=1S/C18H29NO2/c1-6-18(7-2,8-3)19-12-15-11-17-14(9-13(4)21-17)10-16(15)20-5/h10-11,13,19H,6-9,12H2,1-5H3. The summed E-state index contributed by atoms with van der Waals surface area (Å²) < 4.78 is 11.5. The second-order valence-electron chi connectivity index (χ2n) is 6.10. The Bertz CT molecular complexity index is 472. The number of benzene rings is 1. The van der Waals surface area contributed by atoms with Crippen LogP contribution in [-0.4, -0.2) is 18.8 Å². The molecule has 0 amide bonds. The van der Waals surface area contributed by atoms with Crippen LogP contribution in [0.1, 0.15) is 58.1 Å². The van der Waals surface area contributed by atoms with Crippen molar-refractivity contribution >= 4 is 0 Å². The third-order valence-corrected chi connectivity index (χ3v) is 4.98. The molecule has 0 bridgehead atoms. The fourth-order valence-corrected chi connectivity index (χ4v) is 3.22. The average molecular weight is 291 g/mol. The van der Waals surface area contributed by atoms with E-state index in [0.717, 1.165) is 43.7 Å². The zero-order valence-electron chi connectivity index (χ0n) is 14.1. The predicted octanol–water partition coefficient (Wildman–Crippen LogP) is 4.08. The third-order valence-electron chi connectivity index (χ3n) is 4.98. The molecule has 0 saturated heterocycles. The Balaban J connectivity index is 2.18. The van der Waals surface area contributed by atoms with Gasteiger partial charge in [-0.2, -0.15) is 0 Å². The maximum absolute atomic E-state index is 5.87. The molecule has 3 nitrogen and oxygen atoms in total. The predicted molar refractivity (Wildman–Crippen MR) is 87.2 cm³/mol. The molecule has 118 valence electrons. The lowest BCUT2D eigenvalue weighted by atomic mass is 9.89. The van der Waals surface area contributed by atoms with Crippen molar-refractivity contribution in [1.29, 1.82) is 0 Å². The molecule has 21 heavy (non-hydrogen) atoms. The van der Waals surface area contributed by atoms with Crippen LogP contribution in [0.4, 0.5) is 0 Å². The van der Waals surface area contributed by atoms with Crippen molar-refractivity contribution < 1.29 is 9.47 Å². The summed E-state index contributed by atoms with van der Waals surface area (Å²) in [6, 6.07) is 4.29. The lowest BCUT2D eigenvalue weighted by Gasteiger charge is -2.32. The molecule has 0 fully saturated rings. The van der Waals surface area contributed by atoms with Gasteiger partial charge < -0.3 is 14.8 Å².